The summed E-state index contributed by atoms with van der Waals surface area (Å²) in [5, 5.41) is 20.9. The van der Waals surface area contributed by atoms with Crippen molar-refractivity contribution in [3.05, 3.63) is 64.7 Å². The van der Waals surface area contributed by atoms with Crippen molar-refractivity contribution >= 4 is 29.5 Å². The molecule has 32 heavy (non-hydrogen) atoms. The van der Waals surface area contributed by atoms with Crippen molar-refractivity contribution in [2.24, 2.45) is 0 Å². The number of methoxy groups -OCH3 is 1. The highest BCUT2D eigenvalue weighted by Gasteiger charge is 2.12. The SMILES string of the molecule is COC(=O)c1ccc(CNCC(=O)Nc2c(C)cccc2C(C)C)cc1.O=C(O)C(=O)O. The maximum atomic E-state index is 12.3. The van der Waals surface area contributed by atoms with Gasteiger partial charge in [-0.25, -0.2) is 14.4 Å². The molecule has 0 saturated carbocycles. The van der Waals surface area contributed by atoms with Crippen molar-refractivity contribution < 1.29 is 34.1 Å². The highest BCUT2D eigenvalue weighted by atomic mass is 16.5. The van der Waals surface area contributed by atoms with Crippen LogP contribution in [-0.2, 0) is 25.7 Å². The maximum Gasteiger partial charge on any atom is 0.414 e. The lowest BCUT2D eigenvalue weighted by Gasteiger charge is -2.16. The number of anilines is 1. The Morgan fingerprint density at radius 3 is 2.06 bits per heavy atom. The van der Waals surface area contributed by atoms with Crippen LogP contribution in [0, 0.1) is 6.92 Å². The zero-order valence-electron chi connectivity index (χ0n) is 18.5. The number of nitrogens with one attached hydrogen (secondary N) is 2. The molecule has 2 rings (SSSR count). The minimum absolute atomic E-state index is 0.0765. The van der Waals surface area contributed by atoms with Crippen LogP contribution in [0.3, 0.4) is 0 Å². The number of amides is 1. The molecule has 4 N–H and O–H groups in total. The van der Waals surface area contributed by atoms with Gasteiger partial charge in [-0.1, -0.05) is 44.2 Å². The molecule has 2 aromatic carbocycles. The topological polar surface area (TPSA) is 142 Å². The van der Waals surface area contributed by atoms with E-state index in [1.165, 1.54) is 7.11 Å². The number of aliphatic carboxylic acids is 2. The highest BCUT2D eigenvalue weighted by molar-refractivity contribution is 6.27. The second kappa shape index (κ2) is 12.9. The maximum absolute atomic E-state index is 12.3. The van der Waals surface area contributed by atoms with E-state index in [1.807, 2.05) is 37.3 Å². The zero-order chi connectivity index (χ0) is 24.3. The summed E-state index contributed by atoms with van der Waals surface area (Å²) in [6.45, 7) is 6.98. The van der Waals surface area contributed by atoms with Crippen LogP contribution in [0.2, 0.25) is 0 Å². The first kappa shape index (κ1) is 26.3. The van der Waals surface area contributed by atoms with Gasteiger partial charge in [-0.05, 0) is 41.7 Å². The van der Waals surface area contributed by atoms with Gasteiger partial charge in [0, 0.05) is 12.2 Å². The summed E-state index contributed by atoms with van der Waals surface area (Å²) in [4.78, 5) is 41.9. The summed E-state index contributed by atoms with van der Waals surface area (Å²) >= 11 is 0. The van der Waals surface area contributed by atoms with Gasteiger partial charge in [-0.3, -0.25) is 4.79 Å². The monoisotopic (exact) mass is 444 g/mol. The number of benzene rings is 2. The molecule has 0 aliphatic rings. The van der Waals surface area contributed by atoms with Crippen molar-refractivity contribution in [3.8, 4) is 0 Å². The normalized spacial score (nSPS) is 10.0. The van der Waals surface area contributed by atoms with Gasteiger partial charge in [-0.15, -0.1) is 0 Å². The number of hydrogen-bond donors (Lipinski definition) is 4. The summed E-state index contributed by atoms with van der Waals surface area (Å²) < 4.78 is 4.67. The second-order valence-corrected chi connectivity index (χ2v) is 7.14. The molecule has 0 fully saturated rings. The molecule has 0 aliphatic carbocycles. The van der Waals surface area contributed by atoms with E-state index in [0.29, 0.717) is 18.0 Å². The molecule has 2 aromatic rings. The van der Waals surface area contributed by atoms with E-state index in [2.05, 4.69) is 29.2 Å². The highest BCUT2D eigenvalue weighted by Crippen LogP contribution is 2.27. The molecular weight excluding hydrogens is 416 g/mol. The Bertz CT molecular complexity index is 941. The third-order valence-electron chi connectivity index (χ3n) is 4.36. The third kappa shape index (κ3) is 8.57. The predicted octanol–water partition coefficient (Wildman–Crippen LogP) is 2.79. The van der Waals surface area contributed by atoms with Crippen LogP contribution < -0.4 is 10.6 Å². The number of para-hydroxylation sites is 1. The number of hydrogen-bond acceptors (Lipinski definition) is 6. The van der Waals surface area contributed by atoms with E-state index in [4.69, 9.17) is 19.8 Å². The van der Waals surface area contributed by atoms with Crippen LogP contribution in [0.4, 0.5) is 5.69 Å². The Morgan fingerprint density at radius 2 is 1.56 bits per heavy atom. The lowest BCUT2D eigenvalue weighted by molar-refractivity contribution is -0.159. The fraction of sp³-hybridized carbons (Fsp3) is 0.304. The van der Waals surface area contributed by atoms with Gasteiger partial charge in [0.2, 0.25) is 5.91 Å². The van der Waals surface area contributed by atoms with Gasteiger partial charge in [0.15, 0.2) is 0 Å². The fourth-order valence-corrected chi connectivity index (χ4v) is 2.72. The third-order valence-corrected chi connectivity index (χ3v) is 4.36. The van der Waals surface area contributed by atoms with Crippen LogP contribution in [0.1, 0.15) is 46.8 Å². The second-order valence-electron chi connectivity index (χ2n) is 7.14. The molecule has 0 aliphatic heterocycles. The molecule has 1 amide bonds. The van der Waals surface area contributed by atoms with E-state index in [-0.39, 0.29) is 18.4 Å². The lowest BCUT2D eigenvalue weighted by atomic mass is 9.98. The van der Waals surface area contributed by atoms with E-state index >= 15 is 0 Å². The summed E-state index contributed by atoms with van der Waals surface area (Å²) in [7, 11) is 1.36. The van der Waals surface area contributed by atoms with Gasteiger partial charge in [-0.2, -0.15) is 0 Å². The van der Waals surface area contributed by atoms with Gasteiger partial charge in [0.25, 0.3) is 0 Å². The number of ether oxygens (including phenoxy) is 1. The van der Waals surface area contributed by atoms with Crippen molar-refractivity contribution in [1.82, 2.24) is 5.32 Å². The first-order valence-electron chi connectivity index (χ1n) is 9.80. The molecule has 0 radical (unpaired) electrons. The van der Waals surface area contributed by atoms with Crippen LogP contribution >= 0.6 is 0 Å². The van der Waals surface area contributed by atoms with Crippen LogP contribution in [0.25, 0.3) is 0 Å². The molecule has 0 aromatic heterocycles. The van der Waals surface area contributed by atoms with Gasteiger partial charge in [0.1, 0.15) is 0 Å². The zero-order valence-corrected chi connectivity index (χ0v) is 18.5. The molecule has 0 saturated heterocycles. The Labute approximate surface area is 186 Å². The number of carbonyl (C=O) groups is 4. The number of rotatable bonds is 7. The van der Waals surface area contributed by atoms with Crippen molar-refractivity contribution in [2.45, 2.75) is 33.2 Å². The van der Waals surface area contributed by atoms with Crippen molar-refractivity contribution in [3.63, 3.8) is 0 Å². The average molecular weight is 444 g/mol. The largest absolute Gasteiger partial charge is 0.473 e. The Hall–Kier alpha value is -3.72. The molecule has 9 heteroatoms. The van der Waals surface area contributed by atoms with E-state index in [1.54, 1.807) is 12.1 Å². The summed E-state index contributed by atoms with van der Waals surface area (Å²) in [5.74, 6) is -3.74. The average Bonchev–Trinajstić information content (AvgIpc) is 2.75. The number of carbonyl (C=O) groups excluding carboxylic acids is 2. The Balaban J connectivity index is 0.000000751. The number of carboxylic acid groups (broad SMARTS) is 2. The van der Waals surface area contributed by atoms with Crippen LogP contribution in [0.5, 0.6) is 0 Å². The first-order valence-corrected chi connectivity index (χ1v) is 9.80. The van der Waals surface area contributed by atoms with Crippen LogP contribution in [0.15, 0.2) is 42.5 Å². The molecule has 0 spiro atoms. The van der Waals surface area contributed by atoms with Crippen LogP contribution in [-0.4, -0.2) is 47.7 Å². The molecular formula is C23H28N2O7. The van der Waals surface area contributed by atoms with E-state index < -0.39 is 11.9 Å². The number of esters is 1. The molecule has 9 nitrogen and oxygen atoms in total. The number of aryl methyl sites for hydroxylation is 1. The van der Waals surface area contributed by atoms with Crippen molar-refractivity contribution in [2.75, 3.05) is 19.0 Å². The molecule has 0 heterocycles. The van der Waals surface area contributed by atoms with E-state index in [0.717, 1.165) is 22.4 Å². The standard InChI is InChI=1S/C21H26N2O3.C2H2O4/c1-14(2)18-7-5-6-15(3)20(18)23-19(24)13-22-12-16-8-10-17(11-9-16)21(25)26-4;3-1(4)2(5)6/h5-11,14,22H,12-13H2,1-4H3,(H,23,24);(H,3,4)(H,5,6). The smallest absolute Gasteiger partial charge is 0.414 e. The lowest BCUT2D eigenvalue weighted by Crippen LogP contribution is -2.28. The summed E-state index contributed by atoms with van der Waals surface area (Å²) in [6.07, 6.45) is 0. The first-order chi connectivity index (χ1) is 15.1. The van der Waals surface area contributed by atoms with Gasteiger partial charge < -0.3 is 25.6 Å². The van der Waals surface area contributed by atoms with Gasteiger partial charge >= 0.3 is 17.9 Å². The Morgan fingerprint density at radius 1 is 0.969 bits per heavy atom. The quantitative estimate of drug-likeness (QED) is 0.377. The minimum atomic E-state index is -1.82. The predicted molar refractivity (Wildman–Crippen MR) is 119 cm³/mol. The molecule has 0 bridgehead atoms. The minimum Gasteiger partial charge on any atom is -0.473 e. The summed E-state index contributed by atoms with van der Waals surface area (Å²) in [6, 6.07) is 13.2. The Kier molecular flexibility index (Phi) is 10.6. The molecule has 0 atom stereocenters. The van der Waals surface area contributed by atoms with E-state index in [9.17, 15) is 9.59 Å². The van der Waals surface area contributed by atoms with Crippen molar-refractivity contribution in [1.29, 1.82) is 0 Å². The molecule has 172 valence electrons. The van der Waals surface area contributed by atoms with Gasteiger partial charge in [0.05, 0.1) is 19.2 Å². The fourth-order valence-electron chi connectivity index (χ4n) is 2.72. The molecule has 0 unspecified atom stereocenters. The summed E-state index contributed by atoms with van der Waals surface area (Å²) in [5.41, 5.74) is 4.59. The number of carboxylic acids is 2.